The molecule has 0 aliphatic heterocycles. The Kier molecular flexibility index (Phi) is 2.72. The molecule has 0 fully saturated rings. The lowest BCUT2D eigenvalue weighted by Gasteiger charge is -2.07. The smallest absolute Gasteiger partial charge is 0.156 e. The Morgan fingerprint density at radius 2 is 1.04 bits per heavy atom. The highest BCUT2D eigenvalue weighted by Gasteiger charge is 2.09. The summed E-state index contributed by atoms with van der Waals surface area (Å²) in [6, 6.07) is 22.1. The number of nitrogens with zero attached hydrogens (tertiary/aromatic N) is 5. The monoisotopic (exact) mass is 311 g/mol. The lowest BCUT2D eigenvalue weighted by atomic mass is 10.2. The number of aromatic nitrogens is 5. The first kappa shape index (κ1) is 13.0. The summed E-state index contributed by atoms with van der Waals surface area (Å²) in [7, 11) is 0. The first-order valence-electron chi connectivity index (χ1n) is 7.73. The largest absolute Gasteiger partial charge is 0.215 e. The van der Waals surface area contributed by atoms with Crippen LogP contribution >= 0.6 is 0 Å². The molecule has 5 nitrogen and oxygen atoms in total. The van der Waals surface area contributed by atoms with Crippen LogP contribution in [0.5, 0.6) is 0 Å². The summed E-state index contributed by atoms with van der Waals surface area (Å²) in [5.74, 6) is 1.54. The van der Waals surface area contributed by atoms with E-state index in [9.17, 15) is 0 Å². The van der Waals surface area contributed by atoms with Crippen LogP contribution in [0.15, 0.2) is 79.1 Å². The van der Waals surface area contributed by atoms with Crippen molar-refractivity contribution in [2.45, 2.75) is 0 Å². The number of pyridine rings is 1. The molecule has 5 aromatic rings. The molecule has 0 aliphatic rings. The van der Waals surface area contributed by atoms with Crippen molar-refractivity contribution in [2.75, 3.05) is 0 Å². The molecule has 0 unspecified atom stereocenters. The van der Waals surface area contributed by atoms with Crippen molar-refractivity contribution in [1.82, 2.24) is 24.5 Å². The third kappa shape index (κ3) is 1.91. The Balaban J connectivity index is 1.69. The maximum absolute atomic E-state index is 4.76. The summed E-state index contributed by atoms with van der Waals surface area (Å²) in [5.41, 5.74) is 2.07. The Morgan fingerprint density at radius 3 is 1.58 bits per heavy atom. The molecule has 0 bridgehead atoms. The molecule has 3 aromatic heterocycles. The fraction of sp³-hybridized carbons (Fsp3) is 0. The minimum Gasteiger partial charge on any atom is -0.215 e. The van der Waals surface area contributed by atoms with Gasteiger partial charge in [-0.25, -0.2) is 14.3 Å². The summed E-state index contributed by atoms with van der Waals surface area (Å²) < 4.78 is 3.70. The molecule has 114 valence electrons. The Labute approximate surface area is 137 Å². The van der Waals surface area contributed by atoms with E-state index in [2.05, 4.69) is 10.2 Å². The molecule has 2 aromatic carbocycles. The summed E-state index contributed by atoms with van der Waals surface area (Å²) in [4.78, 5) is 4.76. The normalized spacial score (nSPS) is 11.3. The molecule has 0 N–H and O–H groups in total. The first-order chi connectivity index (χ1) is 11.9. The van der Waals surface area contributed by atoms with E-state index in [4.69, 9.17) is 4.98 Å². The van der Waals surface area contributed by atoms with Gasteiger partial charge in [-0.05, 0) is 24.3 Å². The van der Waals surface area contributed by atoms with Crippen LogP contribution in [0.1, 0.15) is 0 Å². The highest BCUT2D eigenvalue weighted by atomic mass is 15.3. The summed E-state index contributed by atoms with van der Waals surface area (Å²) in [5, 5.41) is 11.1. The van der Waals surface area contributed by atoms with Crippen molar-refractivity contribution in [2.24, 2.45) is 0 Å². The number of rotatable bonds is 2. The third-order valence-corrected chi connectivity index (χ3v) is 4.11. The molecule has 0 saturated heterocycles. The standard InChI is InChI=1S/C19H13N5/c1-3-8-16-14(6-1)12-20-23(16)18-10-5-11-19(22-18)24-17-9-4-2-7-15(17)13-21-24/h1-13H. The van der Waals surface area contributed by atoms with Gasteiger partial charge in [-0.3, -0.25) is 0 Å². The highest BCUT2D eigenvalue weighted by Crippen LogP contribution is 2.20. The number of benzene rings is 2. The quantitative estimate of drug-likeness (QED) is 0.499. The zero-order valence-corrected chi connectivity index (χ0v) is 12.7. The van der Waals surface area contributed by atoms with E-state index in [0.717, 1.165) is 33.4 Å². The van der Waals surface area contributed by atoms with Gasteiger partial charge in [0.15, 0.2) is 11.6 Å². The van der Waals surface area contributed by atoms with Gasteiger partial charge in [-0.1, -0.05) is 42.5 Å². The summed E-state index contributed by atoms with van der Waals surface area (Å²) in [6.07, 6.45) is 3.71. The minimum atomic E-state index is 0.772. The fourth-order valence-electron chi connectivity index (χ4n) is 2.96. The maximum atomic E-state index is 4.76. The van der Waals surface area contributed by atoms with Gasteiger partial charge in [0.05, 0.1) is 23.4 Å². The first-order valence-corrected chi connectivity index (χ1v) is 7.73. The van der Waals surface area contributed by atoms with Crippen molar-refractivity contribution in [3.05, 3.63) is 79.1 Å². The van der Waals surface area contributed by atoms with Gasteiger partial charge in [-0.15, -0.1) is 0 Å². The van der Waals surface area contributed by atoms with Gasteiger partial charge in [-0.2, -0.15) is 10.2 Å². The lowest BCUT2D eigenvalue weighted by molar-refractivity contribution is 0.830. The third-order valence-electron chi connectivity index (χ3n) is 4.11. The zero-order chi connectivity index (χ0) is 15.9. The van der Waals surface area contributed by atoms with Crippen molar-refractivity contribution in [3.8, 4) is 11.6 Å². The lowest BCUT2D eigenvalue weighted by Crippen LogP contribution is -2.04. The predicted octanol–water partition coefficient (Wildman–Crippen LogP) is 3.76. The van der Waals surface area contributed by atoms with Crippen LogP contribution < -0.4 is 0 Å². The van der Waals surface area contributed by atoms with E-state index in [1.165, 1.54) is 0 Å². The Bertz CT molecular complexity index is 1080. The molecule has 5 rings (SSSR count). The SMILES string of the molecule is c1cc(-n2ncc3ccccc32)nc(-n2ncc3ccccc32)c1. The van der Waals surface area contributed by atoms with Crippen LogP contribution in [-0.2, 0) is 0 Å². The molecule has 3 heterocycles. The van der Waals surface area contributed by atoms with Crippen molar-refractivity contribution >= 4 is 21.8 Å². The molecule has 0 saturated carbocycles. The van der Waals surface area contributed by atoms with Crippen LogP contribution in [0.25, 0.3) is 33.4 Å². The van der Waals surface area contributed by atoms with Gasteiger partial charge in [0.25, 0.3) is 0 Å². The topological polar surface area (TPSA) is 48.5 Å². The predicted molar refractivity (Wildman–Crippen MR) is 93.5 cm³/mol. The number of fused-ring (bicyclic) bond motifs is 2. The highest BCUT2D eigenvalue weighted by molar-refractivity contribution is 5.80. The molecular formula is C19H13N5. The van der Waals surface area contributed by atoms with Crippen molar-refractivity contribution in [3.63, 3.8) is 0 Å². The molecule has 5 heteroatoms. The zero-order valence-electron chi connectivity index (χ0n) is 12.7. The second-order valence-electron chi connectivity index (χ2n) is 5.58. The molecule has 0 radical (unpaired) electrons. The van der Waals surface area contributed by atoms with Crippen LogP contribution in [0, 0.1) is 0 Å². The Hall–Kier alpha value is -3.47. The van der Waals surface area contributed by atoms with Crippen LogP contribution in [-0.4, -0.2) is 24.5 Å². The molecule has 0 amide bonds. The number of para-hydroxylation sites is 2. The van der Waals surface area contributed by atoms with E-state index in [1.807, 2.05) is 88.5 Å². The van der Waals surface area contributed by atoms with Crippen LogP contribution in [0.2, 0.25) is 0 Å². The van der Waals surface area contributed by atoms with E-state index in [-0.39, 0.29) is 0 Å². The van der Waals surface area contributed by atoms with Crippen molar-refractivity contribution < 1.29 is 0 Å². The van der Waals surface area contributed by atoms with E-state index in [0.29, 0.717) is 0 Å². The number of hydrogen-bond acceptors (Lipinski definition) is 3. The molecule has 0 atom stereocenters. The second kappa shape index (κ2) is 5.03. The van der Waals surface area contributed by atoms with Crippen molar-refractivity contribution in [1.29, 1.82) is 0 Å². The minimum absolute atomic E-state index is 0.772. The molecular weight excluding hydrogens is 298 g/mol. The van der Waals surface area contributed by atoms with Gasteiger partial charge in [0.2, 0.25) is 0 Å². The molecule has 0 spiro atoms. The summed E-state index contributed by atoms with van der Waals surface area (Å²) in [6.45, 7) is 0. The second-order valence-corrected chi connectivity index (χ2v) is 5.58. The Morgan fingerprint density at radius 1 is 0.542 bits per heavy atom. The maximum Gasteiger partial charge on any atom is 0.156 e. The average molecular weight is 311 g/mol. The van der Waals surface area contributed by atoms with Gasteiger partial charge < -0.3 is 0 Å². The summed E-state index contributed by atoms with van der Waals surface area (Å²) >= 11 is 0. The van der Waals surface area contributed by atoms with E-state index in [1.54, 1.807) is 0 Å². The van der Waals surface area contributed by atoms with E-state index >= 15 is 0 Å². The van der Waals surface area contributed by atoms with Crippen LogP contribution in [0.4, 0.5) is 0 Å². The average Bonchev–Trinajstić information content (AvgIpc) is 3.26. The molecule has 0 aliphatic carbocycles. The van der Waals surface area contributed by atoms with E-state index < -0.39 is 0 Å². The van der Waals surface area contributed by atoms with Gasteiger partial charge >= 0.3 is 0 Å². The number of hydrogen-bond donors (Lipinski definition) is 0. The fourth-order valence-corrected chi connectivity index (χ4v) is 2.96. The van der Waals surface area contributed by atoms with Gasteiger partial charge in [0.1, 0.15) is 0 Å². The van der Waals surface area contributed by atoms with Gasteiger partial charge in [0, 0.05) is 10.8 Å². The molecule has 24 heavy (non-hydrogen) atoms. The van der Waals surface area contributed by atoms with Crippen LogP contribution in [0.3, 0.4) is 0 Å².